The fourth-order valence-electron chi connectivity index (χ4n) is 2.66. The van der Waals surface area contributed by atoms with Gasteiger partial charge in [-0.15, -0.1) is 10.2 Å². The fourth-order valence-corrected chi connectivity index (χ4v) is 3.44. The van der Waals surface area contributed by atoms with E-state index in [4.69, 9.17) is 4.74 Å². The molecule has 1 saturated heterocycles. The molecule has 2 aromatic rings. The molecule has 27 heavy (non-hydrogen) atoms. The van der Waals surface area contributed by atoms with Gasteiger partial charge in [0.05, 0.1) is 24.7 Å². The summed E-state index contributed by atoms with van der Waals surface area (Å²) in [6.07, 6.45) is 0. The van der Waals surface area contributed by atoms with Crippen molar-refractivity contribution in [3.63, 3.8) is 0 Å². The number of amides is 1. The molecule has 2 heterocycles. The molecule has 0 spiro atoms. The van der Waals surface area contributed by atoms with Crippen molar-refractivity contribution in [2.24, 2.45) is 5.92 Å². The Labute approximate surface area is 162 Å². The third-order valence-electron chi connectivity index (χ3n) is 4.02. The molecule has 0 saturated carbocycles. The van der Waals surface area contributed by atoms with Gasteiger partial charge in [-0.3, -0.25) is 9.36 Å². The molecular formula is C18H24FN5O2S. The summed E-state index contributed by atoms with van der Waals surface area (Å²) < 4.78 is 21.0. The lowest BCUT2D eigenvalue weighted by atomic mass is 10.2. The predicted molar refractivity (Wildman–Crippen MR) is 103 cm³/mol. The van der Waals surface area contributed by atoms with Crippen molar-refractivity contribution < 1.29 is 13.9 Å². The number of thioether (sulfide) groups is 1. The maximum Gasteiger partial charge on any atom is 0.232 e. The van der Waals surface area contributed by atoms with Gasteiger partial charge in [-0.1, -0.05) is 31.7 Å². The number of carbonyl (C=O) groups is 1. The topological polar surface area (TPSA) is 72.3 Å². The number of nitrogens with zero attached hydrogens (tertiary/aromatic N) is 4. The maximum atomic E-state index is 13.8. The SMILES string of the molecule is CC(C)CNC(=O)CSc1nnc(N2CCOCC2)n1-c1cccc(F)c1. The van der Waals surface area contributed by atoms with Crippen molar-refractivity contribution in [3.05, 3.63) is 30.1 Å². The van der Waals surface area contributed by atoms with E-state index in [-0.39, 0.29) is 17.5 Å². The number of morpholine rings is 1. The molecule has 3 rings (SSSR count). The van der Waals surface area contributed by atoms with Crippen LogP contribution in [0.3, 0.4) is 0 Å². The van der Waals surface area contributed by atoms with Crippen LogP contribution < -0.4 is 10.2 Å². The Balaban J connectivity index is 1.82. The Bertz CT molecular complexity index is 777. The average molecular weight is 393 g/mol. The second-order valence-corrected chi connectivity index (χ2v) is 7.63. The highest BCUT2D eigenvalue weighted by molar-refractivity contribution is 7.99. The summed E-state index contributed by atoms with van der Waals surface area (Å²) in [5.74, 6) is 0.857. The van der Waals surface area contributed by atoms with Crippen molar-refractivity contribution in [1.82, 2.24) is 20.1 Å². The van der Waals surface area contributed by atoms with E-state index in [1.54, 1.807) is 16.7 Å². The molecular weight excluding hydrogens is 369 g/mol. The van der Waals surface area contributed by atoms with E-state index in [0.717, 1.165) is 0 Å². The normalized spacial score (nSPS) is 14.6. The first kappa shape index (κ1) is 19.6. The molecule has 1 aliphatic heterocycles. The summed E-state index contributed by atoms with van der Waals surface area (Å²) in [6, 6.07) is 6.29. The smallest absolute Gasteiger partial charge is 0.232 e. The van der Waals surface area contributed by atoms with E-state index in [9.17, 15) is 9.18 Å². The van der Waals surface area contributed by atoms with Crippen LogP contribution in [0, 0.1) is 11.7 Å². The van der Waals surface area contributed by atoms with E-state index in [2.05, 4.69) is 20.4 Å². The molecule has 1 aromatic carbocycles. The number of nitrogens with one attached hydrogen (secondary N) is 1. The van der Waals surface area contributed by atoms with Gasteiger partial charge in [-0.05, 0) is 24.1 Å². The molecule has 7 nitrogen and oxygen atoms in total. The van der Waals surface area contributed by atoms with Gasteiger partial charge >= 0.3 is 0 Å². The Kier molecular flexibility index (Phi) is 6.68. The van der Waals surface area contributed by atoms with Gasteiger partial charge < -0.3 is 15.0 Å². The largest absolute Gasteiger partial charge is 0.378 e. The highest BCUT2D eigenvalue weighted by Crippen LogP contribution is 2.27. The van der Waals surface area contributed by atoms with Gasteiger partial charge in [0.1, 0.15) is 5.82 Å². The van der Waals surface area contributed by atoms with Gasteiger partial charge in [0.25, 0.3) is 0 Å². The lowest BCUT2D eigenvalue weighted by Gasteiger charge is -2.27. The fraction of sp³-hybridized carbons (Fsp3) is 0.500. The highest BCUT2D eigenvalue weighted by atomic mass is 32.2. The van der Waals surface area contributed by atoms with Crippen LogP contribution in [-0.4, -0.2) is 59.3 Å². The standard InChI is InChI=1S/C18H24FN5O2S/c1-13(2)11-20-16(25)12-27-18-22-21-17(23-6-8-26-9-7-23)24(18)15-5-3-4-14(19)10-15/h3-5,10,13H,6-9,11-12H2,1-2H3,(H,20,25). The molecule has 146 valence electrons. The van der Waals surface area contributed by atoms with Crippen LogP contribution in [-0.2, 0) is 9.53 Å². The summed E-state index contributed by atoms with van der Waals surface area (Å²) in [4.78, 5) is 14.1. The Morgan fingerprint density at radius 1 is 1.33 bits per heavy atom. The average Bonchev–Trinajstić information content (AvgIpc) is 3.09. The molecule has 9 heteroatoms. The van der Waals surface area contributed by atoms with Crippen LogP contribution in [0.15, 0.2) is 29.4 Å². The second kappa shape index (κ2) is 9.18. The third-order valence-corrected chi connectivity index (χ3v) is 4.95. The monoisotopic (exact) mass is 393 g/mol. The zero-order valence-corrected chi connectivity index (χ0v) is 16.3. The van der Waals surface area contributed by atoms with E-state index in [1.807, 2.05) is 13.8 Å². The molecule has 0 atom stereocenters. The number of hydrogen-bond acceptors (Lipinski definition) is 6. The van der Waals surface area contributed by atoms with Crippen LogP contribution >= 0.6 is 11.8 Å². The number of halogens is 1. The van der Waals surface area contributed by atoms with E-state index in [0.29, 0.717) is 55.6 Å². The van der Waals surface area contributed by atoms with Gasteiger partial charge in [-0.25, -0.2) is 4.39 Å². The molecule has 1 aliphatic rings. The van der Waals surface area contributed by atoms with Crippen LogP contribution in [0.1, 0.15) is 13.8 Å². The Hall–Kier alpha value is -2.13. The number of ether oxygens (including phenoxy) is 1. The van der Waals surface area contributed by atoms with Gasteiger partial charge in [0.2, 0.25) is 11.9 Å². The molecule has 0 aliphatic carbocycles. The van der Waals surface area contributed by atoms with Crippen LogP contribution in [0.5, 0.6) is 0 Å². The summed E-state index contributed by atoms with van der Waals surface area (Å²) >= 11 is 1.29. The summed E-state index contributed by atoms with van der Waals surface area (Å²) in [7, 11) is 0. The lowest BCUT2D eigenvalue weighted by molar-refractivity contribution is -0.118. The highest BCUT2D eigenvalue weighted by Gasteiger charge is 2.22. The molecule has 0 bridgehead atoms. The van der Waals surface area contributed by atoms with Gasteiger partial charge in [0, 0.05) is 19.6 Å². The van der Waals surface area contributed by atoms with Crippen LogP contribution in [0.4, 0.5) is 10.3 Å². The van der Waals surface area contributed by atoms with Crippen molar-refractivity contribution in [1.29, 1.82) is 0 Å². The first-order chi connectivity index (χ1) is 13.0. The zero-order chi connectivity index (χ0) is 19.2. The molecule has 1 aromatic heterocycles. The molecule has 1 amide bonds. The maximum absolute atomic E-state index is 13.8. The van der Waals surface area contributed by atoms with Crippen molar-refractivity contribution in [2.75, 3.05) is 43.5 Å². The molecule has 1 fully saturated rings. The molecule has 0 unspecified atom stereocenters. The van der Waals surface area contributed by atoms with Crippen LogP contribution in [0.2, 0.25) is 0 Å². The molecule has 0 radical (unpaired) electrons. The van der Waals surface area contributed by atoms with E-state index < -0.39 is 0 Å². The first-order valence-corrected chi connectivity index (χ1v) is 9.96. The van der Waals surface area contributed by atoms with Crippen molar-refractivity contribution in [3.8, 4) is 5.69 Å². The predicted octanol–water partition coefficient (Wildman–Crippen LogP) is 2.11. The Morgan fingerprint density at radius 2 is 2.11 bits per heavy atom. The number of benzene rings is 1. The summed E-state index contributed by atoms with van der Waals surface area (Å²) in [5, 5.41) is 12.0. The minimum atomic E-state index is -0.334. The number of carbonyl (C=O) groups excluding carboxylic acids is 1. The van der Waals surface area contributed by atoms with Crippen molar-refractivity contribution in [2.45, 2.75) is 19.0 Å². The number of aromatic nitrogens is 3. The van der Waals surface area contributed by atoms with Gasteiger partial charge in [-0.2, -0.15) is 0 Å². The minimum Gasteiger partial charge on any atom is -0.378 e. The number of hydrogen-bond donors (Lipinski definition) is 1. The van der Waals surface area contributed by atoms with Crippen molar-refractivity contribution >= 4 is 23.6 Å². The number of rotatable bonds is 7. The van der Waals surface area contributed by atoms with E-state index in [1.165, 1.54) is 23.9 Å². The first-order valence-electron chi connectivity index (χ1n) is 8.98. The van der Waals surface area contributed by atoms with E-state index >= 15 is 0 Å². The van der Waals surface area contributed by atoms with Gasteiger partial charge in [0.15, 0.2) is 5.16 Å². The summed E-state index contributed by atoms with van der Waals surface area (Å²) in [6.45, 7) is 7.31. The lowest BCUT2D eigenvalue weighted by Crippen LogP contribution is -2.37. The number of anilines is 1. The molecule has 1 N–H and O–H groups in total. The summed E-state index contributed by atoms with van der Waals surface area (Å²) in [5.41, 5.74) is 0.631. The third kappa shape index (κ3) is 5.20. The van der Waals surface area contributed by atoms with Crippen LogP contribution in [0.25, 0.3) is 5.69 Å². The quantitative estimate of drug-likeness (QED) is 0.727. The Morgan fingerprint density at radius 3 is 2.81 bits per heavy atom. The minimum absolute atomic E-state index is 0.0598. The zero-order valence-electron chi connectivity index (χ0n) is 15.5. The second-order valence-electron chi connectivity index (χ2n) is 6.68.